The average molecular weight is 199 g/mol. The molecule has 0 aliphatic heterocycles. The van der Waals surface area contributed by atoms with Gasteiger partial charge in [0.1, 0.15) is 0 Å². The van der Waals surface area contributed by atoms with E-state index < -0.39 is 0 Å². The van der Waals surface area contributed by atoms with Gasteiger partial charge < -0.3 is 5.32 Å². The molecule has 0 aromatic carbocycles. The minimum absolute atomic E-state index is 0.844. The Hall–Kier alpha value is -0.0400. The molecule has 1 nitrogen and oxygen atoms in total. The summed E-state index contributed by atoms with van der Waals surface area (Å²) in [6.45, 7) is 10.5. The Morgan fingerprint density at radius 3 is 2.14 bits per heavy atom. The SMILES string of the molecule is CCCC(CNC)CC(CC)C(C)C. The van der Waals surface area contributed by atoms with Crippen LogP contribution in [0.15, 0.2) is 0 Å². The van der Waals surface area contributed by atoms with Crippen LogP contribution in [0.2, 0.25) is 0 Å². The van der Waals surface area contributed by atoms with Crippen LogP contribution in [0.25, 0.3) is 0 Å². The van der Waals surface area contributed by atoms with Gasteiger partial charge in [-0.05, 0) is 44.2 Å². The fraction of sp³-hybridized carbons (Fsp3) is 1.00. The summed E-state index contributed by atoms with van der Waals surface area (Å²) in [5.74, 6) is 2.65. The van der Waals surface area contributed by atoms with Gasteiger partial charge in [-0.15, -0.1) is 0 Å². The summed E-state index contributed by atoms with van der Waals surface area (Å²) in [6.07, 6.45) is 5.44. The first-order chi connectivity index (χ1) is 6.65. The van der Waals surface area contributed by atoms with Crippen LogP contribution in [-0.4, -0.2) is 13.6 Å². The molecule has 2 unspecified atom stereocenters. The summed E-state index contributed by atoms with van der Waals surface area (Å²) < 4.78 is 0. The van der Waals surface area contributed by atoms with E-state index in [0.29, 0.717) is 0 Å². The third-order valence-electron chi connectivity index (χ3n) is 3.29. The molecule has 0 aliphatic rings. The van der Waals surface area contributed by atoms with Crippen molar-refractivity contribution < 1.29 is 0 Å². The lowest BCUT2D eigenvalue weighted by Gasteiger charge is -2.25. The molecule has 0 saturated heterocycles. The summed E-state index contributed by atoms with van der Waals surface area (Å²) in [5, 5.41) is 3.32. The molecule has 0 radical (unpaired) electrons. The van der Waals surface area contributed by atoms with E-state index in [2.05, 4.69) is 40.1 Å². The van der Waals surface area contributed by atoms with Crippen molar-refractivity contribution in [3.63, 3.8) is 0 Å². The summed E-state index contributed by atoms with van der Waals surface area (Å²) in [4.78, 5) is 0. The molecule has 0 amide bonds. The van der Waals surface area contributed by atoms with Gasteiger partial charge in [0.05, 0.1) is 0 Å². The lowest BCUT2D eigenvalue weighted by Crippen LogP contribution is -2.23. The second-order valence-electron chi connectivity index (χ2n) is 4.86. The molecule has 86 valence electrons. The minimum atomic E-state index is 0.844. The van der Waals surface area contributed by atoms with Gasteiger partial charge in [-0.2, -0.15) is 0 Å². The number of hydrogen-bond acceptors (Lipinski definition) is 1. The number of hydrogen-bond donors (Lipinski definition) is 1. The quantitative estimate of drug-likeness (QED) is 0.628. The Morgan fingerprint density at radius 2 is 1.79 bits per heavy atom. The molecular formula is C13H29N. The molecule has 0 bridgehead atoms. The minimum Gasteiger partial charge on any atom is -0.319 e. The molecule has 1 N–H and O–H groups in total. The summed E-state index contributed by atoms with van der Waals surface area (Å²) >= 11 is 0. The van der Waals surface area contributed by atoms with E-state index in [4.69, 9.17) is 0 Å². The number of rotatable bonds is 8. The fourth-order valence-corrected chi connectivity index (χ4v) is 2.34. The van der Waals surface area contributed by atoms with Crippen LogP contribution in [0.1, 0.15) is 53.4 Å². The first kappa shape index (κ1) is 14.0. The van der Waals surface area contributed by atoms with Crippen LogP contribution in [0.5, 0.6) is 0 Å². The Balaban J connectivity index is 3.96. The van der Waals surface area contributed by atoms with E-state index in [9.17, 15) is 0 Å². The largest absolute Gasteiger partial charge is 0.319 e. The van der Waals surface area contributed by atoms with Crippen molar-refractivity contribution in [2.24, 2.45) is 17.8 Å². The van der Waals surface area contributed by atoms with Crippen molar-refractivity contribution in [3.05, 3.63) is 0 Å². The molecule has 0 aromatic rings. The van der Waals surface area contributed by atoms with Gasteiger partial charge in [0, 0.05) is 0 Å². The van der Waals surface area contributed by atoms with E-state index in [1.54, 1.807) is 0 Å². The van der Waals surface area contributed by atoms with Crippen LogP contribution in [0.4, 0.5) is 0 Å². The summed E-state index contributed by atoms with van der Waals surface area (Å²) in [5.41, 5.74) is 0. The Kier molecular flexibility index (Phi) is 8.26. The summed E-state index contributed by atoms with van der Waals surface area (Å²) in [7, 11) is 2.07. The maximum atomic E-state index is 3.32. The van der Waals surface area contributed by atoms with Crippen molar-refractivity contribution in [2.45, 2.75) is 53.4 Å². The topological polar surface area (TPSA) is 12.0 Å². The van der Waals surface area contributed by atoms with Crippen LogP contribution >= 0.6 is 0 Å². The highest BCUT2D eigenvalue weighted by molar-refractivity contribution is 4.69. The fourth-order valence-electron chi connectivity index (χ4n) is 2.34. The van der Waals surface area contributed by atoms with Gasteiger partial charge in [0.25, 0.3) is 0 Å². The Bertz CT molecular complexity index is 114. The predicted molar refractivity (Wildman–Crippen MR) is 65.6 cm³/mol. The van der Waals surface area contributed by atoms with Crippen LogP contribution in [-0.2, 0) is 0 Å². The van der Waals surface area contributed by atoms with E-state index in [-0.39, 0.29) is 0 Å². The molecule has 0 rings (SSSR count). The molecule has 0 aromatic heterocycles. The van der Waals surface area contributed by atoms with Crippen molar-refractivity contribution in [2.75, 3.05) is 13.6 Å². The van der Waals surface area contributed by atoms with E-state index in [0.717, 1.165) is 17.8 Å². The molecule has 1 heteroatoms. The second-order valence-corrected chi connectivity index (χ2v) is 4.86. The third-order valence-corrected chi connectivity index (χ3v) is 3.29. The first-order valence-electron chi connectivity index (χ1n) is 6.30. The molecule has 0 aliphatic carbocycles. The monoisotopic (exact) mass is 199 g/mol. The Labute approximate surface area is 90.7 Å². The smallest absolute Gasteiger partial charge is 0.00234 e. The van der Waals surface area contributed by atoms with Gasteiger partial charge in [-0.25, -0.2) is 0 Å². The van der Waals surface area contributed by atoms with Crippen molar-refractivity contribution >= 4 is 0 Å². The lowest BCUT2D eigenvalue weighted by molar-refractivity contribution is 0.274. The van der Waals surface area contributed by atoms with Crippen molar-refractivity contribution in [1.82, 2.24) is 5.32 Å². The van der Waals surface area contributed by atoms with Gasteiger partial charge in [0.15, 0.2) is 0 Å². The number of nitrogens with one attached hydrogen (secondary N) is 1. The van der Waals surface area contributed by atoms with Gasteiger partial charge in [-0.1, -0.05) is 40.5 Å². The van der Waals surface area contributed by atoms with Crippen LogP contribution < -0.4 is 5.32 Å². The van der Waals surface area contributed by atoms with Gasteiger partial charge in [-0.3, -0.25) is 0 Å². The average Bonchev–Trinajstić information content (AvgIpc) is 2.14. The molecule has 0 saturated carbocycles. The highest BCUT2D eigenvalue weighted by atomic mass is 14.8. The van der Waals surface area contributed by atoms with Gasteiger partial charge >= 0.3 is 0 Å². The van der Waals surface area contributed by atoms with E-state index in [1.165, 1.54) is 32.2 Å². The third kappa shape index (κ3) is 5.64. The maximum Gasteiger partial charge on any atom is -0.00234 e. The van der Waals surface area contributed by atoms with Gasteiger partial charge in [0.2, 0.25) is 0 Å². The summed E-state index contributed by atoms with van der Waals surface area (Å²) in [6, 6.07) is 0. The van der Waals surface area contributed by atoms with E-state index >= 15 is 0 Å². The van der Waals surface area contributed by atoms with Crippen LogP contribution in [0, 0.1) is 17.8 Å². The van der Waals surface area contributed by atoms with E-state index in [1.807, 2.05) is 0 Å². The highest BCUT2D eigenvalue weighted by Crippen LogP contribution is 2.25. The first-order valence-corrected chi connectivity index (χ1v) is 6.30. The maximum absolute atomic E-state index is 3.32. The highest BCUT2D eigenvalue weighted by Gasteiger charge is 2.16. The van der Waals surface area contributed by atoms with Crippen molar-refractivity contribution in [3.8, 4) is 0 Å². The zero-order chi connectivity index (χ0) is 11.0. The molecule has 0 spiro atoms. The predicted octanol–water partition coefficient (Wildman–Crippen LogP) is 3.69. The zero-order valence-electron chi connectivity index (χ0n) is 10.8. The van der Waals surface area contributed by atoms with Crippen LogP contribution in [0.3, 0.4) is 0 Å². The molecule has 14 heavy (non-hydrogen) atoms. The molecule has 2 atom stereocenters. The molecule has 0 fully saturated rings. The lowest BCUT2D eigenvalue weighted by atomic mass is 9.83. The molecular weight excluding hydrogens is 170 g/mol. The second kappa shape index (κ2) is 8.28. The zero-order valence-corrected chi connectivity index (χ0v) is 10.8. The Morgan fingerprint density at radius 1 is 1.14 bits per heavy atom. The molecule has 0 heterocycles. The standard InChI is InChI=1S/C13H29N/c1-6-8-12(10-14-5)9-13(7-2)11(3)4/h11-14H,6-10H2,1-5H3. The van der Waals surface area contributed by atoms with Crippen molar-refractivity contribution in [1.29, 1.82) is 0 Å². The normalized spacial score (nSPS) is 15.9.